The fourth-order valence-corrected chi connectivity index (χ4v) is 3.07. The summed E-state index contributed by atoms with van der Waals surface area (Å²) in [6, 6.07) is 2.17. The maximum atomic E-state index is 13.8. The number of hydrogen-bond donors (Lipinski definition) is 3. The predicted octanol–water partition coefficient (Wildman–Crippen LogP) is 0.263. The summed E-state index contributed by atoms with van der Waals surface area (Å²) < 4.78 is 27.1. The molecule has 1 aliphatic heterocycles. The van der Waals surface area contributed by atoms with E-state index in [0.717, 1.165) is 42.0 Å². The van der Waals surface area contributed by atoms with Gasteiger partial charge in [-0.1, -0.05) is 0 Å². The first kappa shape index (κ1) is 17.1. The zero-order chi connectivity index (χ0) is 19.2. The molecule has 2 aliphatic rings. The van der Waals surface area contributed by atoms with Crippen LogP contribution >= 0.6 is 0 Å². The number of aromatic nitrogens is 3. The van der Waals surface area contributed by atoms with E-state index in [4.69, 9.17) is 0 Å². The molecule has 1 saturated heterocycles. The molecule has 0 bridgehead atoms. The van der Waals surface area contributed by atoms with Crippen LogP contribution in [0.2, 0.25) is 0 Å². The van der Waals surface area contributed by atoms with E-state index in [-0.39, 0.29) is 23.8 Å². The van der Waals surface area contributed by atoms with Crippen LogP contribution in [0.15, 0.2) is 24.4 Å². The van der Waals surface area contributed by atoms with E-state index in [1.807, 2.05) is 0 Å². The van der Waals surface area contributed by atoms with E-state index in [2.05, 4.69) is 26.1 Å². The first-order valence-corrected chi connectivity index (χ1v) is 8.18. The number of urea groups is 1. The lowest BCUT2D eigenvalue weighted by Gasteiger charge is -2.25. The molecule has 1 atom stereocenters. The second-order valence-corrected chi connectivity index (χ2v) is 6.45. The lowest BCUT2D eigenvalue weighted by molar-refractivity contribution is -0.124. The van der Waals surface area contributed by atoms with Crippen molar-refractivity contribution in [2.75, 3.05) is 6.54 Å². The van der Waals surface area contributed by atoms with Crippen LogP contribution in [0, 0.1) is 17.6 Å². The minimum atomic E-state index is -1.18. The maximum Gasteiger partial charge on any atom is 0.322 e. The fraction of sp³-hybridized carbons (Fsp3) is 0.312. The highest BCUT2D eigenvalue weighted by Crippen LogP contribution is 2.41. The maximum absolute atomic E-state index is 13.8. The van der Waals surface area contributed by atoms with Gasteiger partial charge in [-0.3, -0.25) is 14.9 Å². The normalized spacial score (nSPS) is 21.7. The molecule has 1 aromatic carbocycles. The molecular formula is C16H14F2N6O3. The summed E-state index contributed by atoms with van der Waals surface area (Å²) in [6.07, 6.45) is 2.62. The summed E-state index contributed by atoms with van der Waals surface area (Å²) >= 11 is 0. The Morgan fingerprint density at radius 1 is 1.33 bits per heavy atom. The van der Waals surface area contributed by atoms with Gasteiger partial charge in [-0.25, -0.2) is 13.6 Å². The van der Waals surface area contributed by atoms with Gasteiger partial charge in [0.15, 0.2) is 11.5 Å². The second-order valence-electron chi connectivity index (χ2n) is 6.45. The van der Waals surface area contributed by atoms with Crippen LogP contribution in [-0.4, -0.2) is 44.9 Å². The topological polar surface area (TPSA) is 118 Å². The van der Waals surface area contributed by atoms with Gasteiger partial charge in [-0.15, -0.1) is 9.90 Å². The van der Waals surface area contributed by atoms with Crippen molar-refractivity contribution in [1.82, 2.24) is 30.9 Å². The predicted molar refractivity (Wildman–Crippen MR) is 85.7 cm³/mol. The van der Waals surface area contributed by atoms with Crippen molar-refractivity contribution in [2.24, 2.45) is 5.92 Å². The summed E-state index contributed by atoms with van der Waals surface area (Å²) in [6.45, 7) is -0.116. The number of benzene rings is 1. The van der Waals surface area contributed by atoms with Crippen molar-refractivity contribution >= 4 is 17.8 Å². The number of carbonyl (C=O) groups is 3. The number of amides is 4. The largest absolute Gasteiger partial charge is 0.348 e. The Morgan fingerprint density at radius 2 is 2.11 bits per heavy atom. The minimum Gasteiger partial charge on any atom is -0.348 e. The molecule has 4 amide bonds. The number of halogens is 2. The van der Waals surface area contributed by atoms with Crippen molar-refractivity contribution in [3.8, 4) is 5.69 Å². The van der Waals surface area contributed by atoms with Crippen molar-refractivity contribution in [1.29, 1.82) is 0 Å². The molecule has 0 radical (unpaired) electrons. The summed E-state index contributed by atoms with van der Waals surface area (Å²) in [4.78, 5) is 36.8. The van der Waals surface area contributed by atoms with Gasteiger partial charge >= 0.3 is 6.03 Å². The Hall–Kier alpha value is -3.37. The molecule has 1 aliphatic carbocycles. The van der Waals surface area contributed by atoms with E-state index in [1.165, 1.54) is 0 Å². The molecule has 9 nitrogen and oxygen atoms in total. The number of rotatable bonds is 5. The van der Waals surface area contributed by atoms with Crippen molar-refractivity contribution < 1.29 is 23.2 Å². The van der Waals surface area contributed by atoms with E-state index < -0.39 is 35.0 Å². The molecule has 3 N–H and O–H groups in total. The Labute approximate surface area is 151 Å². The van der Waals surface area contributed by atoms with E-state index in [9.17, 15) is 23.2 Å². The Kier molecular flexibility index (Phi) is 3.86. The molecule has 0 spiro atoms. The monoisotopic (exact) mass is 376 g/mol. The number of imide groups is 1. The number of carbonyl (C=O) groups excluding carboxylic acids is 3. The highest BCUT2D eigenvalue weighted by molar-refractivity contribution is 6.08. The van der Waals surface area contributed by atoms with Gasteiger partial charge in [0.25, 0.3) is 11.8 Å². The molecule has 27 heavy (non-hydrogen) atoms. The van der Waals surface area contributed by atoms with E-state index in [1.54, 1.807) is 0 Å². The van der Waals surface area contributed by atoms with E-state index >= 15 is 0 Å². The van der Waals surface area contributed by atoms with Crippen LogP contribution in [0.3, 0.4) is 0 Å². The third-order valence-corrected chi connectivity index (χ3v) is 4.62. The van der Waals surface area contributed by atoms with Gasteiger partial charge in [-0.05, 0) is 30.9 Å². The zero-order valence-electron chi connectivity index (χ0n) is 13.8. The molecule has 1 aromatic heterocycles. The quantitative estimate of drug-likeness (QED) is 0.647. The van der Waals surface area contributed by atoms with Crippen LogP contribution in [0.4, 0.5) is 13.6 Å². The Morgan fingerprint density at radius 3 is 2.78 bits per heavy atom. The summed E-state index contributed by atoms with van der Waals surface area (Å²) in [5, 5.41) is 14.9. The highest BCUT2D eigenvalue weighted by atomic mass is 19.1. The molecular weight excluding hydrogens is 362 g/mol. The number of nitrogens with one attached hydrogen (secondary N) is 3. The fourth-order valence-electron chi connectivity index (χ4n) is 3.07. The lowest BCUT2D eigenvalue weighted by Crippen LogP contribution is -2.57. The first-order chi connectivity index (χ1) is 12.9. The van der Waals surface area contributed by atoms with E-state index in [0.29, 0.717) is 0 Å². The third-order valence-electron chi connectivity index (χ3n) is 4.62. The third kappa shape index (κ3) is 3.00. The van der Waals surface area contributed by atoms with Gasteiger partial charge < -0.3 is 10.6 Å². The molecule has 2 heterocycles. The highest BCUT2D eigenvalue weighted by Gasteiger charge is 2.56. The minimum absolute atomic E-state index is 0.0543. The smallest absolute Gasteiger partial charge is 0.322 e. The average molecular weight is 376 g/mol. The standard InChI is InChI=1S/C16H14F2N6O3/c17-9-3-4-10(18)12(5-9)24-20-6-11(23-24)13(25)19-7-16(8-1-2-8)14(26)21-15(27)22-16/h3-6,8H,1-2,7H2,(H,19,25)(H2,21,22,26,27)/t16-/m0/s1. The van der Waals surface area contributed by atoms with Crippen LogP contribution in [-0.2, 0) is 4.79 Å². The summed E-state index contributed by atoms with van der Waals surface area (Å²) in [5.41, 5.74) is -1.57. The van der Waals surface area contributed by atoms with Gasteiger partial charge in [0.05, 0.1) is 12.7 Å². The van der Waals surface area contributed by atoms with Crippen LogP contribution in [0.1, 0.15) is 23.3 Å². The number of nitrogens with zero attached hydrogens (tertiary/aromatic N) is 3. The van der Waals surface area contributed by atoms with Crippen molar-refractivity contribution in [3.05, 3.63) is 41.7 Å². The van der Waals surface area contributed by atoms with Gasteiger partial charge in [0.2, 0.25) is 0 Å². The van der Waals surface area contributed by atoms with Crippen molar-refractivity contribution in [2.45, 2.75) is 18.4 Å². The molecule has 1 saturated carbocycles. The zero-order valence-corrected chi connectivity index (χ0v) is 13.8. The van der Waals surface area contributed by atoms with Gasteiger partial charge in [-0.2, -0.15) is 5.10 Å². The Balaban J connectivity index is 1.49. The summed E-state index contributed by atoms with van der Waals surface area (Å²) in [5.74, 6) is -2.63. The molecule has 4 rings (SSSR count). The lowest BCUT2D eigenvalue weighted by atomic mass is 9.93. The van der Waals surface area contributed by atoms with Gasteiger partial charge in [0, 0.05) is 6.07 Å². The molecule has 0 unspecified atom stereocenters. The SMILES string of the molecule is O=C1NC(=O)[C@](CNC(=O)c2cnn(-c3cc(F)ccc3F)n2)(C2CC2)N1. The van der Waals surface area contributed by atoms with Crippen LogP contribution < -0.4 is 16.0 Å². The average Bonchev–Trinajstić information content (AvgIpc) is 3.29. The molecule has 2 fully saturated rings. The second kappa shape index (κ2) is 6.11. The Bertz CT molecular complexity index is 957. The molecule has 2 aromatic rings. The number of hydrogen-bond acceptors (Lipinski definition) is 5. The molecule has 140 valence electrons. The molecule has 11 heteroatoms. The summed E-state index contributed by atoms with van der Waals surface area (Å²) in [7, 11) is 0. The van der Waals surface area contributed by atoms with Crippen molar-refractivity contribution in [3.63, 3.8) is 0 Å². The van der Waals surface area contributed by atoms with Crippen LogP contribution in [0.5, 0.6) is 0 Å². The van der Waals surface area contributed by atoms with Gasteiger partial charge in [0.1, 0.15) is 17.0 Å². The first-order valence-electron chi connectivity index (χ1n) is 8.18. The van der Waals surface area contributed by atoms with Crippen LogP contribution in [0.25, 0.3) is 5.69 Å².